The fraction of sp³-hybridized carbons (Fsp3) is 0.0435. The van der Waals surface area contributed by atoms with Crippen LogP contribution in [0.15, 0.2) is 170 Å². The number of anilines is 3. The summed E-state index contributed by atoms with van der Waals surface area (Å²) in [6.07, 6.45) is 0. The zero-order valence-electron chi connectivity index (χ0n) is 28.8. The summed E-state index contributed by atoms with van der Waals surface area (Å²) in [6, 6.07) is 59.8. The Labute approximate surface area is 301 Å². The van der Waals surface area contributed by atoms with E-state index in [2.05, 4.69) is 196 Å². The Balaban J connectivity index is 1.17. The van der Waals surface area contributed by atoms with Crippen LogP contribution in [-0.2, 0) is 0 Å². The molecule has 0 saturated heterocycles. The molecule has 10 rings (SSSR count). The third kappa shape index (κ3) is 4.65. The van der Waals surface area contributed by atoms with E-state index in [1.165, 1.54) is 16.8 Å². The molecule has 0 spiro atoms. The molecule has 52 heavy (non-hydrogen) atoms. The summed E-state index contributed by atoms with van der Waals surface area (Å²) in [5, 5.41) is 0. The normalized spacial score (nSPS) is 11.7. The second-order valence-electron chi connectivity index (χ2n) is 13.3. The van der Waals surface area contributed by atoms with Crippen molar-refractivity contribution in [1.82, 2.24) is 23.5 Å². The van der Waals surface area contributed by atoms with Crippen molar-refractivity contribution in [3.05, 3.63) is 181 Å². The first-order valence-electron chi connectivity index (χ1n) is 17.6. The van der Waals surface area contributed by atoms with Gasteiger partial charge in [0.15, 0.2) is 0 Å². The molecule has 7 aromatic carbocycles. The number of para-hydroxylation sites is 8. The maximum atomic E-state index is 5.24. The molecule has 0 atom stereocenters. The number of aromatic nitrogens is 5. The minimum atomic E-state index is 0.887. The van der Waals surface area contributed by atoms with Crippen molar-refractivity contribution in [2.24, 2.45) is 0 Å². The number of fused-ring (bicyclic) bond motifs is 6. The van der Waals surface area contributed by atoms with E-state index in [-0.39, 0.29) is 0 Å². The highest BCUT2D eigenvalue weighted by Gasteiger charge is 2.21. The van der Waals surface area contributed by atoms with E-state index in [0.717, 1.165) is 73.0 Å². The maximum absolute atomic E-state index is 5.24. The molecule has 6 nitrogen and oxygen atoms in total. The number of rotatable bonds is 6. The van der Waals surface area contributed by atoms with Crippen molar-refractivity contribution in [2.45, 2.75) is 13.8 Å². The minimum Gasteiger partial charge on any atom is -0.310 e. The molecule has 0 fully saturated rings. The third-order valence-corrected chi connectivity index (χ3v) is 10.1. The molecular weight excluding hydrogens is 637 g/mol. The molecule has 0 aliphatic rings. The highest BCUT2D eigenvalue weighted by Crippen LogP contribution is 2.39. The molecule has 0 radical (unpaired) electrons. The van der Waals surface area contributed by atoms with Crippen LogP contribution in [0, 0.1) is 13.8 Å². The van der Waals surface area contributed by atoms with E-state index in [4.69, 9.17) is 9.97 Å². The minimum absolute atomic E-state index is 0.887. The first kappa shape index (κ1) is 29.9. The summed E-state index contributed by atoms with van der Waals surface area (Å²) in [5.41, 5.74) is 15.1. The molecule has 6 heteroatoms. The summed E-state index contributed by atoms with van der Waals surface area (Å²) in [7, 11) is 0. The first-order chi connectivity index (χ1) is 25.6. The van der Waals surface area contributed by atoms with Crippen molar-refractivity contribution in [2.75, 3.05) is 4.90 Å². The van der Waals surface area contributed by atoms with Gasteiger partial charge in [-0.1, -0.05) is 91.0 Å². The van der Waals surface area contributed by atoms with Gasteiger partial charge in [0.2, 0.25) is 5.78 Å². The quantitative estimate of drug-likeness (QED) is 0.177. The molecule has 0 aliphatic heterocycles. The zero-order chi connectivity index (χ0) is 34.8. The molecule has 0 bridgehead atoms. The second-order valence-corrected chi connectivity index (χ2v) is 13.3. The van der Waals surface area contributed by atoms with Crippen LogP contribution >= 0.6 is 0 Å². The van der Waals surface area contributed by atoms with E-state index >= 15 is 0 Å². The molecule has 3 heterocycles. The van der Waals surface area contributed by atoms with Crippen LogP contribution in [0.3, 0.4) is 0 Å². The average molecular weight is 671 g/mol. The Bertz CT molecular complexity index is 2930. The van der Waals surface area contributed by atoms with E-state index in [9.17, 15) is 0 Å². The van der Waals surface area contributed by atoms with Crippen LogP contribution in [0.5, 0.6) is 0 Å². The van der Waals surface area contributed by atoms with Crippen LogP contribution in [0.1, 0.15) is 11.1 Å². The predicted octanol–water partition coefficient (Wildman–Crippen LogP) is 11.5. The molecule has 0 aliphatic carbocycles. The molecule has 248 valence electrons. The fourth-order valence-corrected chi connectivity index (χ4v) is 7.79. The lowest BCUT2D eigenvalue weighted by Crippen LogP contribution is -2.11. The van der Waals surface area contributed by atoms with Crippen molar-refractivity contribution in [1.29, 1.82) is 0 Å². The Morgan fingerprint density at radius 2 is 1.02 bits per heavy atom. The largest absolute Gasteiger partial charge is 0.310 e. The highest BCUT2D eigenvalue weighted by atomic mass is 15.2. The fourth-order valence-electron chi connectivity index (χ4n) is 7.79. The number of hydrogen-bond acceptors (Lipinski definition) is 3. The molecule has 3 aromatic heterocycles. The van der Waals surface area contributed by atoms with E-state index < -0.39 is 0 Å². The number of nitrogens with zero attached hydrogens (tertiary/aromatic N) is 6. The predicted molar refractivity (Wildman–Crippen MR) is 214 cm³/mol. The monoisotopic (exact) mass is 670 g/mol. The highest BCUT2D eigenvalue weighted by molar-refractivity contribution is 5.92. The van der Waals surface area contributed by atoms with Crippen molar-refractivity contribution in [3.63, 3.8) is 0 Å². The summed E-state index contributed by atoms with van der Waals surface area (Å²) in [4.78, 5) is 12.7. The van der Waals surface area contributed by atoms with Gasteiger partial charge in [-0.05, 0) is 104 Å². The molecular formula is C46H34N6. The smallest absolute Gasteiger partial charge is 0.220 e. The number of hydrogen-bond donors (Lipinski definition) is 0. The lowest BCUT2D eigenvalue weighted by Gasteiger charge is -2.26. The third-order valence-electron chi connectivity index (χ3n) is 10.1. The van der Waals surface area contributed by atoms with E-state index in [1.807, 2.05) is 6.07 Å². The van der Waals surface area contributed by atoms with Crippen LogP contribution in [0.25, 0.3) is 61.6 Å². The van der Waals surface area contributed by atoms with Gasteiger partial charge in [-0.15, -0.1) is 0 Å². The standard InChI is InChI=1S/C46H34N6/c1-31-15-12-16-32(2)44(31)52-41-26-9-6-23-38(41)47-45(52)33-17-13-20-35(29-33)49(34-18-4-3-5-19-34)36-21-14-22-37(30-36)50-42-27-10-11-28-43(42)51-40-25-8-7-24-39(40)48-46(50)51/h3-30H,1-2H3. The first-order valence-corrected chi connectivity index (χ1v) is 17.6. The van der Waals surface area contributed by atoms with Gasteiger partial charge >= 0.3 is 0 Å². The van der Waals surface area contributed by atoms with Gasteiger partial charge in [0.05, 0.1) is 44.5 Å². The summed E-state index contributed by atoms with van der Waals surface area (Å²) < 4.78 is 6.85. The summed E-state index contributed by atoms with van der Waals surface area (Å²) in [5.74, 6) is 1.80. The number of benzene rings is 7. The number of imidazole rings is 3. The Hall–Kier alpha value is -6.92. The summed E-state index contributed by atoms with van der Waals surface area (Å²) in [6.45, 7) is 4.35. The van der Waals surface area contributed by atoms with Gasteiger partial charge in [-0.25, -0.2) is 9.97 Å². The van der Waals surface area contributed by atoms with Gasteiger partial charge in [0.25, 0.3) is 0 Å². The summed E-state index contributed by atoms with van der Waals surface area (Å²) >= 11 is 0. The Morgan fingerprint density at radius 3 is 1.79 bits per heavy atom. The van der Waals surface area contributed by atoms with Crippen molar-refractivity contribution in [3.8, 4) is 22.8 Å². The van der Waals surface area contributed by atoms with E-state index in [0.29, 0.717) is 0 Å². The molecule has 0 saturated carbocycles. The van der Waals surface area contributed by atoms with Gasteiger partial charge in [0.1, 0.15) is 5.82 Å². The molecule has 10 aromatic rings. The average Bonchev–Trinajstić information content (AvgIpc) is 3.85. The Morgan fingerprint density at radius 1 is 0.442 bits per heavy atom. The molecule has 0 amide bonds. The van der Waals surface area contributed by atoms with E-state index in [1.54, 1.807) is 0 Å². The van der Waals surface area contributed by atoms with Crippen LogP contribution in [0.2, 0.25) is 0 Å². The lowest BCUT2D eigenvalue weighted by atomic mass is 10.1. The van der Waals surface area contributed by atoms with Crippen LogP contribution in [0.4, 0.5) is 17.1 Å². The second kappa shape index (κ2) is 11.9. The van der Waals surface area contributed by atoms with Gasteiger partial charge in [-0.3, -0.25) is 13.5 Å². The Kier molecular flexibility index (Phi) is 6.83. The van der Waals surface area contributed by atoms with Crippen molar-refractivity contribution < 1.29 is 0 Å². The van der Waals surface area contributed by atoms with Crippen molar-refractivity contribution >= 4 is 55.9 Å². The topological polar surface area (TPSA) is 43.3 Å². The van der Waals surface area contributed by atoms with Gasteiger partial charge in [0, 0.05) is 22.6 Å². The van der Waals surface area contributed by atoms with Gasteiger partial charge < -0.3 is 4.90 Å². The van der Waals surface area contributed by atoms with Crippen LogP contribution < -0.4 is 4.90 Å². The zero-order valence-corrected chi connectivity index (χ0v) is 28.8. The lowest BCUT2D eigenvalue weighted by molar-refractivity contribution is 1.06. The number of aryl methyl sites for hydroxylation is 2. The molecule has 0 N–H and O–H groups in total. The van der Waals surface area contributed by atoms with Gasteiger partial charge in [-0.2, -0.15) is 0 Å². The maximum Gasteiger partial charge on any atom is 0.220 e. The molecule has 0 unspecified atom stereocenters. The van der Waals surface area contributed by atoms with Crippen LogP contribution in [-0.4, -0.2) is 23.5 Å². The SMILES string of the molecule is Cc1cccc(C)c1-n1c(-c2cccc(N(c3ccccc3)c3cccc(-n4c5ccccc5n5c6ccccc6nc45)c3)c2)nc2ccccc21.